The minimum absolute atomic E-state index is 0.162. The number of amides is 1. The van der Waals surface area contributed by atoms with Gasteiger partial charge in [0.25, 0.3) is 5.91 Å². The number of carbonyl (C=O) groups is 1. The Morgan fingerprint density at radius 1 is 1.45 bits per heavy atom. The molecule has 20 heavy (non-hydrogen) atoms. The van der Waals surface area contributed by atoms with Crippen molar-refractivity contribution in [1.82, 2.24) is 5.32 Å². The number of hydrogen-bond donors (Lipinski definition) is 2. The predicted molar refractivity (Wildman–Crippen MR) is 80.1 cm³/mol. The van der Waals surface area contributed by atoms with Gasteiger partial charge >= 0.3 is 0 Å². The Balaban J connectivity index is 2.70. The minimum Gasteiger partial charge on any atom is -0.481 e. The Morgan fingerprint density at radius 2 is 2.15 bits per heavy atom. The summed E-state index contributed by atoms with van der Waals surface area (Å²) in [7, 11) is 0. The molecule has 0 radical (unpaired) electrons. The highest BCUT2D eigenvalue weighted by Crippen LogP contribution is 2.29. The molecule has 2 atom stereocenters. The van der Waals surface area contributed by atoms with E-state index in [9.17, 15) is 9.90 Å². The second-order valence-electron chi connectivity index (χ2n) is 4.76. The molecule has 0 aromatic heterocycles. The molecule has 1 amide bonds. The van der Waals surface area contributed by atoms with E-state index in [1.807, 2.05) is 0 Å². The Labute approximate surface area is 125 Å². The van der Waals surface area contributed by atoms with Crippen LogP contribution in [0.2, 0.25) is 5.02 Å². The summed E-state index contributed by atoms with van der Waals surface area (Å²) in [4.78, 5) is 11.8. The van der Waals surface area contributed by atoms with E-state index < -0.39 is 12.2 Å². The van der Waals surface area contributed by atoms with Crippen molar-refractivity contribution in [3.8, 4) is 5.75 Å². The molecule has 0 heterocycles. The molecule has 0 fully saturated rings. The lowest BCUT2D eigenvalue weighted by Crippen LogP contribution is -2.37. The first-order valence-corrected chi connectivity index (χ1v) is 7.25. The van der Waals surface area contributed by atoms with Crippen molar-refractivity contribution in [2.45, 2.75) is 45.8 Å². The molecule has 0 aliphatic carbocycles. The van der Waals surface area contributed by atoms with Crippen LogP contribution in [0.25, 0.3) is 0 Å². The molecule has 2 N–H and O–H groups in total. The molecule has 1 rings (SSSR count). The van der Waals surface area contributed by atoms with E-state index >= 15 is 0 Å². The smallest absolute Gasteiger partial charge is 0.260 e. The SMILES string of the molecule is CCCCNC(=O)C(C)Oc1ccc(Cl)cc1C(C)O. The third-order valence-electron chi connectivity index (χ3n) is 2.92. The Kier molecular flexibility index (Phi) is 6.82. The zero-order valence-electron chi connectivity index (χ0n) is 12.1. The van der Waals surface area contributed by atoms with Crippen molar-refractivity contribution < 1.29 is 14.6 Å². The molecule has 2 unspecified atom stereocenters. The van der Waals surface area contributed by atoms with Crippen molar-refractivity contribution in [1.29, 1.82) is 0 Å². The third kappa shape index (κ3) is 5.02. The summed E-state index contributed by atoms with van der Waals surface area (Å²) >= 11 is 5.90. The predicted octanol–water partition coefficient (Wildman–Crippen LogP) is 3.08. The lowest BCUT2D eigenvalue weighted by atomic mass is 10.1. The summed E-state index contributed by atoms with van der Waals surface area (Å²) in [5, 5.41) is 13.0. The van der Waals surface area contributed by atoms with Gasteiger partial charge in [-0.3, -0.25) is 4.79 Å². The van der Waals surface area contributed by atoms with E-state index in [0.717, 1.165) is 12.8 Å². The van der Waals surface area contributed by atoms with Gasteiger partial charge in [-0.1, -0.05) is 24.9 Å². The van der Waals surface area contributed by atoms with Gasteiger partial charge in [0.2, 0.25) is 0 Å². The van der Waals surface area contributed by atoms with E-state index in [1.54, 1.807) is 32.0 Å². The molecule has 0 bridgehead atoms. The maximum atomic E-state index is 11.8. The van der Waals surface area contributed by atoms with Crippen LogP contribution < -0.4 is 10.1 Å². The summed E-state index contributed by atoms with van der Waals surface area (Å²) in [6, 6.07) is 4.98. The van der Waals surface area contributed by atoms with Crippen molar-refractivity contribution in [2.24, 2.45) is 0 Å². The number of aliphatic hydroxyl groups is 1. The molecule has 1 aromatic rings. The van der Waals surface area contributed by atoms with Gasteiger partial charge in [0, 0.05) is 17.1 Å². The second-order valence-corrected chi connectivity index (χ2v) is 5.20. The van der Waals surface area contributed by atoms with Gasteiger partial charge in [0.05, 0.1) is 6.10 Å². The van der Waals surface area contributed by atoms with Crippen molar-refractivity contribution >= 4 is 17.5 Å². The normalized spacial score (nSPS) is 13.7. The number of halogens is 1. The molecule has 5 heteroatoms. The van der Waals surface area contributed by atoms with Crippen LogP contribution in [-0.4, -0.2) is 23.7 Å². The maximum absolute atomic E-state index is 11.8. The fourth-order valence-corrected chi connectivity index (χ4v) is 1.91. The van der Waals surface area contributed by atoms with E-state index in [0.29, 0.717) is 22.9 Å². The van der Waals surface area contributed by atoms with Gasteiger partial charge < -0.3 is 15.2 Å². The first-order chi connectivity index (χ1) is 9.45. The number of aliphatic hydroxyl groups excluding tert-OH is 1. The Morgan fingerprint density at radius 3 is 2.75 bits per heavy atom. The topological polar surface area (TPSA) is 58.6 Å². The summed E-state index contributed by atoms with van der Waals surface area (Å²) in [5.41, 5.74) is 0.575. The average Bonchev–Trinajstić information content (AvgIpc) is 2.40. The molecule has 0 saturated carbocycles. The third-order valence-corrected chi connectivity index (χ3v) is 3.16. The molecule has 1 aromatic carbocycles. The van der Waals surface area contributed by atoms with Crippen LogP contribution in [0, 0.1) is 0 Å². The van der Waals surface area contributed by atoms with Crippen molar-refractivity contribution in [3.63, 3.8) is 0 Å². The Hall–Kier alpha value is -1.26. The molecular weight excluding hydrogens is 278 g/mol. The highest BCUT2D eigenvalue weighted by molar-refractivity contribution is 6.30. The first-order valence-electron chi connectivity index (χ1n) is 6.87. The van der Waals surface area contributed by atoms with Crippen molar-refractivity contribution in [3.05, 3.63) is 28.8 Å². The molecule has 4 nitrogen and oxygen atoms in total. The van der Waals surface area contributed by atoms with E-state index in [1.165, 1.54) is 0 Å². The van der Waals surface area contributed by atoms with E-state index in [-0.39, 0.29) is 5.91 Å². The van der Waals surface area contributed by atoms with Gasteiger partial charge in [-0.15, -0.1) is 0 Å². The largest absolute Gasteiger partial charge is 0.481 e. The van der Waals surface area contributed by atoms with Crippen LogP contribution in [0.3, 0.4) is 0 Å². The van der Waals surface area contributed by atoms with Gasteiger partial charge in [-0.25, -0.2) is 0 Å². The fourth-order valence-electron chi connectivity index (χ4n) is 1.73. The van der Waals surface area contributed by atoms with Gasteiger partial charge in [0.1, 0.15) is 5.75 Å². The zero-order chi connectivity index (χ0) is 15.1. The standard InChI is InChI=1S/C15H22ClNO3/c1-4-5-8-17-15(19)11(3)20-14-7-6-12(16)9-13(14)10(2)18/h6-7,9-11,18H,4-5,8H2,1-3H3,(H,17,19). The fraction of sp³-hybridized carbons (Fsp3) is 0.533. The summed E-state index contributed by atoms with van der Waals surface area (Å²) in [6.45, 7) is 6.02. The van der Waals surface area contributed by atoms with Crippen LogP contribution in [0.5, 0.6) is 5.75 Å². The number of hydrogen-bond acceptors (Lipinski definition) is 3. The number of nitrogens with one attached hydrogen (secondary N) is 1. The van der Waals surface area contributed by atoms with Crippen LogP contribution in [0.1, 0.15) is 45.3 Å². The van der Waals surface area contributed by atoms with Crippen molar-refractivity contribution in [2.75, 3.05) is 6.54 Å². The lowest BCUT2D eigenvalue weighted by molar-refractivity contribution is -0.127. The summed E-state index contributed by atoms with van der Waals surface area (Å²) in [6.07, 6.45) is 0.640. The number of unbranched alkanes of at least 4 members (excludes halogenated alkanes) is 1. The van der Waals surface area contributed by atoms with Crippen LogP contribution in [-0.2, 0) is 4.79 Å². The molecule has 112 valence electrons. The quantitative estimate of drug-likeness (QED) is 0.761. The highest BCUT2D eigenvalue weighted by Gasteiger charge is 2.17. The maximum Gasteiger partial charge on any atom is 0.260 e. The number of ether oxygens (including phenoxy) is 1. The number of rotatable bonds is 7. The van der Waals surface area contributed by atoms with Crippen LogP contribution >= 0.6 is 11.6 Å². The van der Waals surface area contributed by atoms with Gasteiger partial charge in [0.15, 0.2) is 6.10 Å². The Bertz CT molecular complexity index is 449. The second kappa shape index (κ2) is 8.12. The molecule has 0 aliphatic rings. The zero-order valence-corrected chi connectivity index (χ0v) is 12.9. The minimum atomic E-state index is -0.709. The summed E-state index contributed by atoms with van der Waals surface area (Å²) in [5.74, 6) is 0.312. The molecule has 0 saturated heterocycles. The molecule has 0 spiro atoms. The average molecular weight is 300 g/mol. The monoisotopic (exact) mass is 299 g/mol. The van der Waals surface area contributed by atoms with Gasteiger partial charge in [-0.05, 0) is 38.5 Å². The van der Waals surface area contributed by atoms with Crippen LogP contribution in [0.15, 0.2) is 18.2 Å². The molecular formula is C15H22ClNO3. The highest BCUT2D eigenvalue weighted by atomic mass is 35.5. The number of benzene rings is 1. The number of carbonyl (C=O) groups excluding carboxylic acids is 1. The summed E-state index contributed by atoms with van der Waals surface area (Å²) < 4.78 is 5.62. The van der Waals surface area contributed by atoms with E-state index in [4.69, 9.17) is 16.3 Å². The first kappa shape index (κ1) is 16.8. The molecule has 0 aliphatic heterocycles. The lowest BCUT2D eigenvalue weighted by Gasteiger charge is -2.18. The van der Waals surface area contributed by atoms with E-state index in [2.05, 4.69) is 12.2 Å². The van der Waals surface area contributed by atoms with Crippen LogP contribution in [0.4, 0.5) is 0 Å². The van der Waals surface area contributed by atoms with Gasteiger partial charge in [-0.2, -0.15) is 0 Å².